The quantitative estimate of drug-likeness (QED) is 0.383. The first-order valence-electron chi connectivity index (χ1n) is 8.07. The predicted octanol–water partition coefficient (Wildman–Crippen LogP) is 5.48. The van der Waals surface area contributed by atoms with Crippen LogP contribution < -0.4 is 0 Å². The third kappa shape index (κ3) is 3.79. The van der Waals surface area contributed by atoms with E-state index in [1.54, 1.807) is 11.3 Å². The zero-order valence-corrected chi connectivity index (χ0v) is 14.7. The molecule has 3 rings (SSSR count). The number of imidazole rings is 1. The molecule has 0 fully saturated rings. The maximum atomic E-state index is 9.19. The van der Waals surface area contributed by atoms with Crippen molar-refractivity contribution in [3.8, 4) is 5.00 Å². The fourth-order valence-electron chi connectivity index (χ4n) is 2.31. The minimum atomic E-state index is 0.762. The molecule has 0 aliphatic carbocycles. The first-order chi connectivity index (χ1) is 11.3. The molecule has 0 aliphatic heterocycles. The normalized spacial score (nSPS) is 11.3. The van der Waals surface area contributed by atoms with E-state index in [1.807, 2.05) is 50.5 Å². The van der Waals surface area contributed by atoms with E-state index in [0.717, 1.165) is 45.9 Å². The van der Waals surface area contributed by atoms with Gasteiger partial charge >= 0.3 is 0 Å². The number of rotatable bonds is 5. The molecule has 0 saturated heterocycles. The van der Waals surface area contributed by atoms with E-state index in [9.17, 15) is 5.21 Å². The molecule has 0 atom stereocenters. The van der Waals surface area contributed by atoms with Gasteiger partial charge in [-0.2, -0.15) is 0 Å². The van der Waals surface area contributed by atoms with Gasteiger partial charge in [0.25, 0.3) is 0 Å². The van der Waals surface area contributed by atoms with Crippen molar-refractivity contribution in [1.29, 1.82) is 0 Å². The number of hydrogen-bond acceptors (Lipinski definition) is 4. The first-order valence-corrected chi connectivity index (χ1v) is 8.88. The molecule has 1 aromatic carbocycles. The van der Waals surface area contributed by atoms with Crippen LogP contribution in [0.3, 0.4) is 0 Å². The van der Waals surface area contributed by atoms with Gasteiger partial charge in [0.2, 0.25) is 0 Å². The van der Waals surface area contributed by atoms with Gasteiger partial charge in [0, 0.05) is 0 Å². The molecule has 0 bridgehead atoms. The summed E-state index contributed by atoms with van der Waals surface area (Å²) >= 11 is 1.62. The molecule has 0 radical (unpaired) electrons. The Kier molecular flexibility index (Phi) is 6.35. The Morgan fingerprint density at radius 2 is 2.00 bits per heavy atom. The van der Waals surface area contributed by atoms with Crippen molar-refractivity contribution in [3.05, 3.63) is 47.6 Å². The summed E-state index contributed by atoms with van der Waals surface area (Å²) in [5, 5.41) is 13.7. The lowest BCUT2D eigenvalue weighted by Crippen LogP contribution is -1.97. The average molecular weight is 329 g/mol. The van der Waals surface area contributed by atoms with Gasteiger partial charge in [-0.1, -0.05) is 44.5 Å². The Morgan fingerprint density at radius 1 is 1.22 bits per heavy atom. The Labute approximate surface area is 141 Å². The van der Waals surface area contributed by atoms with Gasteiger partial charge in [-0.15, -0.1) is 11.3 Å². The van der Waals surface area contributed by atoms with E-state index in [2.05, 4.69) is 27.7 Å². The molecule has 0 aliphatic rings. The van der Waals surface area contributed by atoms with Gasteiger partial charge in [0.1, 0.15) is 11.3 Å². The highest BCUT2D eigenvalue weighted by Gasteiger charge is 2.11. The molecular weight excluding hydrogens is 306 g/mol. The second-order valence-electron chi connectivity index (χ2n) is 4.89. The second kappa shape index (κ2) is 8.48. The average Bonchev–Trinajstić information content (AvgIpc) is 3.24. The van der Waals surface area contributed by atoms with E-state index in [0.29, 0.717) is 0 Å². The van der Waals surface area contributed by atoms with Crippen molar-refractivity contribution in [2.24, 2.45) is 5.16 Å². The molecule has 23 heavy (non-hydrogen) atoms. The first kappa shape index (κ1) is 17.2. The lowest BCUT2D eigenvalue weighted by Gasteiger charge is -2.01. The van der Waals surface area contributed by atoms with Crippen LogP contribution in [0.4, 0.5) is 0 Å². The van der Waals surface area contributed by atoms with E-state index in [4.69, 9.17) is 0 Å². The number of fused-ring (bicyclic) bond motifs is 1. The monoisotopic (exact) mass is 329 g/mol. The number of unbranched alkanes of at least 4 members (excludes halogenated alkanes) is 1. The van der Waals surface area contributed by atoms with Crippen LogP contribution in [0.15, 0.2) is 47.9 Å². The summed E-state index contributed by atoms with van der Waals surface area (Å²) in [5.74, 6) is 0. The molecule has 3 aromatic rings. The minimum Gasteiger partial charge on any atom is -0.411 e. The maximum Gasteiger partial charge on any atom is 0.101 e. The van der Waals surface area contributed by atoms with Crippen molar-refractivity contribution in [2.45, 2.75) is 40.0 Å². The smallest absolute Gasteiger partial charge is 0.101 e. The fourth-order valence-corrected chi connectivity index (χ4v) is 3.32. The summed E-state index contributed by atoms with van der Waals surface area (Å²) in [6.07, 6.45) is 4.75. The number of nitrogens with zero attached hydrogens (tertiary/aromatic N) is 3. The SMILES string of the molecule is CC.CCCC/C(=N\O)c1ccc(-n2cnc3ccccc32)s1. The highest BCUT2D eigenvalue weighted by atomic mass is 32.1. The summed E-state index contributed by atoms with van der Waals surface area (Å²) in [6, 6.07) is 12.1. The lowest BCUT2D eigenvalue weighted by molar-refractivity contribution is 0.318. The van der Waals surface area contributed by atoms with Crippen molar-refractivity contribution < 1.29 is 5.21 Å². The van der Waals surface area contributed by atoms with Gasteiger partial charge < -0.3 is 5.21 Å². The van der Waals surface area contributed by atoms with Gasteiger partial charge in [0.15, 0.2) is 0 Å². The Balaban J connectivity index is 0.000000924. The molecule has 122 valence electrons. The van der Waals surface area contributed by atoms with Crippen molar-refractivity contribution in [3.63, 3.8) is 0 Å². The number of para-hydroxylation sites is 2. The van der Waals surface area contributed by atoms with Gasteiger partial charge in [0.05, 0.1) is 21.6 Å². The second-order valence-corrected chi connectivity index (χ2v) is 5.95. The van der Waals surface area contributed by atoms with E-state index in [-0.39, 0.29) is 0 Å². The van der Waals surface area contributed by atoms with Crippen LogP contribution in [0.1, 0.15) is 44.9 Å². The van der Waals surface area contributed by atoms with Crippen LogP contribution in [-0.4, -0.2) is 20.5 Å². The number of hydrogen-bond donors (Lipinski definition) is 1. The van der Waals surface area contributed by atoms with Crippen LogP contribution in [0.2, 0.25) is 0 Å². The standard InChI is InChI=1S/C16H17N3OS.C2H6/c1-2-3-6-13(18-20)15-9-10-16(21-15)19-11-17-12-7-4-5-8-14(12)19;1-2/h4-5,7-11,20H,2-3,6H2,1H3;1-2H3/b18-13+;. The summed E-state index contributed by atoms with van der Waals surface area (Å²) in [6.45, 7) is 6.13. The minimum absolute atomic E-state index is 0.762. The molecule has 4 nitrogen and oxygen atoms in total. The topological polar surface area (TPSA) is 50.4 Å². The van der Waals surface area contributed by atoms with Crippen LogP contribution in [0, 0.1) is 0 Å². The van der Waals surface area contributed by atoms with Crippen molar-refractivity contribution in [2.75, 3.05) is 0 Å². The van der Waals surface area contributed by atoms with Gasteiger partial charge in [-0.3, -0.25) is 4.57 Å². The summed E-state index contributed by atoms with van der Waals surface area (Å²) in [7, 11) is 0. The van der Waals surface area contributed by atoms with Gasteiger partial charge in [-0.05, 0) is 37.1 Å². The molecule has 0 amide bonds. The zero-order chi connectivity index (χ0) is 16.7. The Morgan fingerprint density at radius 3 is 2.74 bits per heavy atom. The Bertz CT molecular complexity index is 773. The van der Waals surface area contributed by atoms with Crippen LogP contribution >= 0.6 is 11.3 Å². The third-order valence-electron chi connectivity index (χ3n) is 3.46. The van der Waals surface area contributed by atoms with E-state index in [1.165, 1.54) is 0 Å². The molecule has 5 heteroatoms. The van der Waals surface area contributed by atoms with E-state index < -0.39 is 0 Å². The van der Waals surface area contributed by atoms with Crippen LogP contribution in [0.5, 0.6) is 0 Å². The van der Waals surface area contributed by atoms with E-state index >= 15 is 0 Å². The number of aromatic nitrogens is 2. The number of oxime groups is 1. The predicted molar refractivity (Wildman–Crippen MR) is 98.1 cm³/mol. The van der Waals surface area contributed by atoms with Crippen molar-refractivity contribution in [1.82, 2.24) is 9.55 Å². The highest BCUT2D eigenvalue weighted by molar-refractivity contribution is 7.16. The molecule has 0 unspecified atom stereocenters. The highest BCUT2D eigenvalue weighted by Crippen LogP contribution is 2.26. The largest absolute Gasteiger partial charge is 0.411 e. The molecule has 2 aromatic heterocycles. The summed E-state index contributed by atoms with van der Waals surface area (Å²) in [4.78, 5) is 5.42. The van der Waals surface area contributed by atoms with Gasteiger partial charge in [-0.25, -0.2) is 4.98 Å². The summed E-state index contributed by atoms with van der Waals surface area (Å²) in [5.41, 5.74) is 2.83. The lowest BCUT2D eigenvalue weighted by atomic mass is 10.1. The molecule has 1 N–H and O–H groups in total. The molecule has 0 spiro atoms. The molecule has 2 heterocycles. The van der Waals surface area contributed by atoms with Crippen LogP contribution in [-0.2, 0) is 0 Å². The Hall–Kier alpha value is -2.14. The summed E-state index contributed by atoms with van der Waals surface area (Å²) < 4.78 is 2.07. The number of benzene rings is 1. The molecular formula is C18H23N3OS. The zero-order valence-electron chi connectivity index (χ0n) is 13.9. The van der Waals surface area contributed by atoms with Crippen LogP contribution in [0.25, 0.3) is 16.0 Å². The molecule has 0 saturated carbocycles. The maximum absolute atomic E-state index is 9.19. The number of thiophene rings is 1. The fraction of sp³-hybridized carbons (Fsp3) is 0.333. The van der Waals surface area contributed by atoms with Crippen molar-refractivity contribution >= 4 is 28.1 Å². The third-order valence-corrected chi connectivity index (χ3v) is 4.59.